The van der Waals surface area contributed by atoms with Gasteiger partial charge in [0.05, 0.1) is 12.7 Å². The van der Waals surface area contributed by atoms with Gasteiger partial charge in [-0.1, -0.05) is 30.3 Å². The molecule has 0 aliphatic heterocycles. The van der Waals surface area contributed by atoms with Gasteiger partial charge in [0.25, 0.3) is 5.91 Å². The van der Waals surface area contributed by atoms with Gasteiger partial charge in [-0.2, -0.15) is 0 Å². The molecule has 3 rings (SSSR count). The normalized spacial score (nSPS) is 10.4. The Morgan fingerprint density at radius 3 is 2.57 bits per heavy atom. The van der Waals surface area contributed by atoms with Crippen LogP contribution in [0.5, 0.6) is 5.75 Å². The van der Waals surface area contributed by atoms with E-state index in [1.165, 1.54) is 12.4 Å². The van der Waals surface area contributed by atoms with Crippen molar-refractivity contribution in [3.05, 3.63) is 77.1 Å². The molecule has 2 aromatic carbocycles. The Bertz CT molecular complexity index is 955. The Kier molecular flexibility index (Phi) is 6.22. The molecule has 1 heterocycles. The van der Waals surface area contributed by atoms with Crippen LogP contribution < -0.4 is 15.4 Å². The molecule has 0 atom stereocenters. The largest absolute Gasteiger partial charge is 0.496 e. The lowest BCUT2D eigenvalue weighted by atomic mass is 10.1. The summed E-state index contributed by atoms with van der Waals surface area (Å²) in [5, 5.41) is 6.08. The van der Waals surface area contributed by atoms with E-state index in [-0.39, 0.29) is 5.91 Å². The van der Waals surface area contributed by atoms with Crippen LogP contribution in [0.4, 0.5) is 11.6 Å². The SMILES string of the molecule is COc1ccccc1CCNc1ncc(C(=O)Nc2cc(C)ccc2C)cn1. The number of amides is 1. The summed E-state index contributed by atoms with van der Waals surface area (Å²) in [4.78, 5) is 20.9. The van der Waals surface area contributed by atoms with Crippen molar-refractivity contribution in [3.8, 4) is 5.75 Å². The molecule has 0 saturated carbocycles. The molecule has 0 fully saturated rings. The van der Waals surface area contributed by atoms with E-state index in [0.717, 1.165) is 34.5 Å². The smallest absolute Gasteiger partial charge is 0.258 e. The number of hydrogen-bond acceptors (Lipinski definition) is 5. The maximum absolute atomic E-state index is 12.4. The predicted molar refractivity (Wildman–Crippen MR) is 111 cm³/mol. The number of ether oxygens (including phenoxy) is 1. The number of hydrogen-bond donors (Lipinski definition) is 2. The molecule has 6 heteroatoms. The molecule has 0 aliphatic carbocycles. The van der Waals surface area contributed by atoms with Crippen molar-refractivity contribution in [3.63, 3.8) is 0 Å². The Balaban J connectivity index is 1.57. The Hall–Kier alpha value is -3.41. The molecule has 0 radical (unpaired) electrons. The monoisotopic (exact) mass is 376 g/mol. The molecule has 0 bridgehead atoms. The summed E-state index contributed by atoms with van der Waals surface area (Å²) in [6.45, 7) is 4.61. The van der Waals surface area contributed by atoms with Gasteiger partial charge < -0.3 is 15.4 Å². The maximum Gasteiger partial charge on any atom is 0.258 e. The molecule has 28 heavy (non-hydrogen) atoms. The van der Waals surface area contributed by atoms with Crippen molar-refractivity contribution in [1.82, 2.24) is 9.97 Å². The molecule has 0 spiro atoms. The van der Waals surface area contributed by atoms with Crippen LogP contribution in [0.1, 0.15) is 27.0 Å². The number of para-hydroxylation sites is 1. The first kappa shape index (κ1) is 19.4. The number of rotatable bonds is 7. The first-order valence-electron chi connectivity index (χ1n) is 9.13. The Morgan fingerprint density at radius 2 is 1.82 bits per heavy atom. The van der Waals surface area contributed by atoms with Gasteiger partial charge in [-0.3, -0.25) is 4.79 Å². The summed E-state index contributed by atoms with van der Waals surface area (Å²) < 4.78 is 5.35. The highest BCUT2D eigenvalue weighted by Crippen LogP contribution is 2.18. The van der Waals surface area contributed by atoms with E-state index in [2.05, 4.69) is 20.6 Å². The maximum atomic E-state index is 12.4. The van der Waals surface area contributed by atoms with Gasteiger partial charge in [-0.25, -0.2) is 9.97 Å². The van der Waals surface area contributed by atoms with Gasteiger partial charge in [0.15, 0.2) is 0 Å². The number of aryl methyl sites for hydroxylation is 2. The summed E-state index contributed by atoms with van der Waals surface area (Å²) in [5.74, 6) is 1.12. The molecule has 3 aromatic rings. The fraction of sp³-hybridized carbons (Fsp3) is 0.227. The lowest BCUT2D eigenvalue weighted by Crippen LogP contribution is -2.15. The minimum absolute atomic E-state index is 0.228. The van der Waals surface area contributed by atoms with Crippen molar-refractivity contribution in [2.75, 3.05) is 24.3 Å². The molecule has 1 aromatic heterocycles. The zero-order valence-corrected chi connectivity index (χ0v) is 16.3. The average molecular weight is 376 g/mol. The quantitative estimate of drug-likeness (QED) is 0.652. The minimum Gasteiger partial charge on any atom is -0.496 e. The van der Waals surface area contributed by atoms with E-state index in [1.807, 2.05) is 56.3 Å². The molecule has 144 valence electrons. The fourth-order valence-corrected chi connectivity index (χ4v) is 2.82. The number of nitrogens with one attached hydrogen (secondary N) is 2. The van der Waals surface area contributed by atoms with E-state index in [1.54, 1.807) is 7.11 Å². The Morgan fingerprint density at radius 1 is 1.07 bits per heavy atom. The van der Waals surface area contributed by atoms with E-state index in [4.69, 9.17) is 4.74 Å². The van der Waals surface area contributed by atoms with Crippen LogP contribution in [0.3, 0.4) is 0 Å². The van der Waals surface area contributed by atoms with E-state index < -0.39 is 0 Å². The third-order valence-corrected chi connectivity index (χ3v) is 4.43. The van der Waals surface area contributed by atoms with Gasteiger partial charge in [0.2, 0.25) is 5.95 Å². The highest BCUT2D eigenvalue weighted by atomic mass is 16.5. The molecular weight excluding hydrogens is 352 g/mol. The number of nitrogens with zero attached hydrogens (tertiary/aromatic N) is 2. The second-order valence-electron chi connectivity index (χ2n) is 6.56. The van der Waals surface area contributed by atoms with Crippen LogP contribution in [0.15, 0.2) is 54.9 Å². The second kappa shape index (κ2) is 8.99. The topological polar surface area (TPSA) is 76.1 Å². The average Bonchev–Trinajstić information content (AvgIpc) is 2.71. The summed E-state index contributed by atoms with van der Waals surface area (Å²) in [6, 6.07) is 13.8. The highest BCUT2D eigenvalue weighted by Gasteiger charge is 2.09. The zero-order valence-electron chi connectivity index (χ0n) is 16.3. The molecule has 0 saturated heterocycles. The molecule has 0 aliphatic rings. The number of benzene rings is 2. The standard InChI is InChI=1S/C22H24N4O2/c1-15-8-9-16(2)19(12-15)26-21(27)18-13-24-22(25-14-18)23-11-10-17-6-4-5-7-20(17)28-3/h4-9,12-14H,10-11H2,1-3H3,(H,26,27)(H,23,24,25). The number of aromatic nitrogens is 2. The van der Waals surface area contributed by atoms with Crippen LogP contribution in [-0.2, 0) is 6.42 Å². The van der Waals surface area contributed by atoms with Crippen LogP contribution in [0.2, 0.25) is 0 Å². The predicted octanol–water partition coefficient (Wildman–Crippen LogP) is 4.01. The van der Waals surface area contributed by atoms with Gasteiger partial charge >= 0.3 is 0 Å². The van der Waals surface area contributed by atoms with Gasteiger partial charge in [-0.15, -0.1) is 0 Å². The van der Waals surface area contributed by atoms with E-state index in [9.17, 15) is 4.79 Å². The second-order valence-corrected chi connectivity index (χ2v) is 6.56. The molecule has 2 N–H and O–H groups in total. The van der Waals surface area contributed by atoms with Crippen LogP contribution in [0.25, 0.3) is 0 Å². The van der Waals surface area contributed by atoms with Gasteiger partial charge in [0.1, 0.15) is 5.75 Å². The number of methoxy groups -OCH3 is 1. The molecule has 0 unspecified atom stereocenters. The summed E-state index contributed by atoms with van der Waals surface area (Å²) >= 11 is 0. The minimum atomic E-state index is -0.228. The third-order valence-electron chi connectivity index (χ3n) is 4.43. The first-order valence-corrected chi connectivity index (χ1v) is 9.13. The number of carbonyl (C=O) groups excluding carboxylic acids is 1. The molecule has 6 nitrogen and oxygen atoms in total. The van der Waals surface area contributed by atoms with Crippen molar-refractivity contribution in [1.29, 1.82) is 0 Å². The molecular formula is C22H24N4O2. The Labute approximate surface area is 165 Å². The lowest BCUT2D eigenvalue weighted by Gasteiger charge is -2.10. The third kappa shape index (κ3) is 4.85. The lowest BCUT2D eigenvalue weighted by molar-refractivity contribution is 0.102. The van der Waals surface area contributed by atoms with Crippen LogP contribution in [-0.4, -0.2) is 29.5 Å². The fourth-order valence-electron chi connectivity index (χ4n) is 2.82. The summed E-state index contributed by atoms with van der Waals surface area (Å²) in [6.07, 6.45) is 3.83. The van der Waals surface area contributed by atoms with Crippen molar-refractivity contribution in [2.45, 2.75) is 20.3 Å². The van der Waals surface area contributed by atoms with E-state index >= 15 is 0 Å². The summed E-state index contributed by atoms with van der Waals surface area (Å²) in [5.41, 5.74) is 4.42. The van der Waals surface area contributed by atoms with Crippen molar-refractivity contribution in [2.24, 2.45) is 0 Å². The first-order chi connectivity index (χ1) is 13.6. The van der Waals surface area contributed by atoms with Gasteiger partial charge in [-0.05, 0) is 49.1 Å². The zero-order chi connectivity index (χ0) is 19.9. The van der Waals surface area contributed by atoms with E-state index in [0.29, 0.717) is 18.1 Å². The number of anilines is 2. The van der Waals surface area contributed by atoms with Crippen molar-refractivity contribution >= 4 is 17.5 Å². The molecule has 1 amide bonds. The van der Waals surface area contributed by atoms with Crippen LogP contribution >= 0.6 is 0 Å². The van der Waals surface area contributed by atoms with Gasteiger partial charge in [0, 0.05) is 24.6 Å². The summed E-state index contributed by atoms with van der Waals surface area (Å²) in [7, 11) is 1.66. The van der Waals surface area contributed by atoms with Crippen molar-refractivity contribution < 1.29 is 9.53 Å². The van der Waals surface area contributed by atoms with Crippen LogP contribution in [0, 0.1) is 13.8 Å². The highest BCUT2D eigenvalue weighted by molar-refractivity contribution is 6.04. The number of carbonyl (C=O) groups is 1.